The largest absolute Gasteiger partial charge is 0.419 e. The van der Waals surface area contributed by atoms with Crippen molar-refractivity contribution in [3.05, 3.63) is 77.6 Å². The molecule has 8 heteroatoms. The lowest BCUT2D eigenvalue weighted by molar-refractivity contribution is 0.288. The highest BCUT2D eigenvalue weighted by Crippen LogP contribution is 2.32. The molecule has 164 valence electrons. The van der Waals surface area contributed by atoms with Gasteiger partial charge in [-0.3, -0.25) is 0 Å². The quantitative estimate of drug-likeness (QED) is 0.364. The number of benzene rings is 3. The second kappa shape index (κ2) is 8.65. The molecule has 0 aliphatic heterocycles. The Kier molecular flexibility index (Phi) is 5.71. The predicted molar refractivity (Wildman–Crippen MR) is 124 cm³/mol. The van der Waals surface area contributed by atoms with Crippen LogP contribution in [-0.2, 0) is 16.6 Å². The van der Waals surface area contributed by atoms with Crippen LogP contribution >= 0.6 is 11.6 Å². The van der Waals surface area contributed by atoms with E-state index in [9.17, 15) is 8.42 Å². The lowest BCUT2D eigenvalue weighted by Crippen LogP contribution is -2.38. The van der Waals surface area contributed by atoms with E-state index in [0.29, 0.717) is 10.9 Å². The molecule has 1 aromatic heterocycles. The maximum absolute atomic E-state index is 13.7. The Morgan fingerprint density at radius 2 is 1.66 bits per heavy atom. The van der Waals surface area contributed by atoms with Gasteiger partial charge in [-0.05, 0) is 60.0 Å². The maximum atomic E-state index is 13.7. The second-order valence-corrected chi connectivity index (χ2v) is 10.3. The Hall–Kier alpha value is -2.74. The maximum Gasteiger partial charge on any atom is 0.247 e. The molecule has 0 bridgehead atoms. The number of rotatable bonds is 6. The number of hydrogen-bond acceptors (Lipinski definition) is 5. The van der Waals surface area contributed by atoms with Gasteiger partial charge < -0.3 is 4.42 Å². The van der Waals surface area contributed by atoms with Crippen LogP contribution in [0.4, 0.5) is 0 Å². The van der Waals surface area contributed by atoms with Gasteiger partial charge in [-0.2, -0.15) is 4.31 Å². The summed E-state index contributed by atoms with van der Waals surface area (Å²) in [6.45, 7) is 0.0421. The molecule has 1 heterocycles. The van der Waals surface area contributed by atoms with Crippen molar-refractivity contribution in [1.29, 1.82) is 0 Å². The molecule has 0 unspecified atom stereocenters. The summed E-state index contributed by atoms with van der Waals surface area (Å²) in [5, 5.41) is 10.7. The zero-order valence-electron chi connectivity index (χ0n) is 17.3. The van der Waals surface area contributed by atoms with Gasteiger partial charge in [0.25, 0.3) is 0 Å². The number of fused-ring (bicyclic) bond motifs is 1. The van der Waals surface area contributed by atoms with Crippen molar-refractivity contribution in [2.45, 2.75) is 43.2 Å². The van der Waals surface area contributed by atoms with Crippen molar-refractivity contribution in [3.63, 3.8) is 0 Å². The summed E-state index contributed by atoms with van der Waals surface area (Å²) in [7, 11) is -3.75. The van der Waals surface area contributed by atoms with Crippen molar-refractivity contribution in [2.24, 2.45) is 0 Å². The molecule has 0 spiro atoms. The molecule has 0 atom stereocenters. The van der Waals surface area contributed by atoms with E-state index in [1.165, 1.54) is 4.31 Å². The number of halogens is 1. The van der Waals surface area contributed by atoms with E-state index in [1.807, 2.05) is 30.3 Å². The Morgan fingerprint density at radius 3 is 2.41 bits per heavy atom. The fourth-order valence-corrected chi connectivity index (χ4v) is 6.02. The molecule has 5 rings (SSSR count). The van der Waals surface area contributed by atoms with Gasteiger partial charge in [0, 0.05) is 16.6 Å². The van der Waals surface area contributed by atoms with E-state index in [2.05, 4.69) is 10.2 Å². The summed E-state index contributed by atoms with van der Waals surface area (Å²) >= 11 is 5.95. The Labute approximate surface area is 191 Å². The average molecular weight is 468 g/mol. The Morgan fingerprint density at radius 1 is 0.938 bits per heavy atom. The van der Waals surface area contributed by atoms with E-state index >= 15 is 0 Å². The van der Waals surface area contributed by atoms with Gasteiger partial charge in [0.15, 0.2) is 0 Å². The minimum absolute atomic E-state index is 0.0421. The van der Waals surface area contributed by atoms with Crippen molar-refractivity contribution in [3.8, 4) is 11.5 Å². The smallest absolute Gasteiger partial charge is 0.247 e. The lowest BCUT2D eigenvalue weighted by Gasteiger charge is -2.27. The third kappa shape index (κ3) is 4.16. The van der Waals surface area contributed by atoms with Gasteiger partial charge in [0.05, 0.1) is 11.4 Å². The molecule has 32 heavy (non-hydrogen) atoms. The van der Waals surface area contributed by atoms with Crippen LogP contribution in [-0.4, -0.2) is 29.0 Å². The normalized spacial score (nSPS) is 15.1. The molecular formula is C24H22ClN3O3S. The summed E-state index contributed by atoms with van der Waals surface area (Å²) in [5.74, 6) is 0.609. The number of nitrogens with zero attached hydrogens (tertiary/aromatic N) is 3. The minimum Gasteiger partial charge on any atom is -0.419 e. The van der Waals surface area contributed by atoms with Crippen LogP contribution in [0.3, 0.4) is 0 Å². The van der Waals surface area contributed by atoms with Gasteiger partial charge >= 0.3 is 0 Å². The zero-order chi connectivity index (χ0) is 22.1. The van der Waals surface area contributed by atoms with Crippen LogP contribution in [0, 0.1) is 0 Å². The molecule has 1 aliphatic rings. The lowest BCUT2D eigenvalue weighted by atomic mass is 10.1. The number of hydrogen-bond donors (Lipinski definition) is 0. The predicted octanol–water partition coefficient (Wildman–Crippen LogP) is 5.68. The van der Waals surface area contributed by atoms with E-state index in [1.54, 1.807) is 36.4 Å². The molecule has 0 saturated heterocycles. The first-order valence-corrected chi connectivity index (χ1v) is 12.4. The van der Waals surface area contributed by atoms with Crippen LogP contribution in [0.1, 0.15) is 31.6 Å². The molecule has 1 saturated carbocycles. The highest BCUT2D eigenvalue weighted by atomic mass is 35.5. The standard InChI is InChI=1S/C24H22ClN3O3S/c25-20-12-9-18(10-13-20)24-27-26-23(31-24)16-28(21-7-3-4-8-21)32(29,30)22-14-11-17-5-1-2-6-19(17)15-22/h1-2,5-6,9-15,21H,3-4,7-8,16H2. The third-order valence-corrected chi connectivity index (χ3v) is 8.05. The SMILES string of the molecule is O=S(=O)(c1ccc2ccccc2c1)N(Cc1nnc(-c2ccc(Cl)cc2)o1)C1CCCC1. The van der Waals surface area contributed by atoms with E-state index in [-0.39, 0.29) is 23.4 Å². The van der Waals surface area contributed by atoms with E-state index in [4.69, 9.17) is 16.0 Å². The highest BCUT2D eigenvalue weighted by Gasteiger charge is 2.34. The third-order valence-electron chi connectivity index (χ3n) is 5.91. The summed E-state index contributed by atoms with van der Waals surface area (Å²) in [6, 6.07) is 20.0. The average Bonchev–Trinajstić information content (AvgIpc) is 3.50. The van der Waals surface area contributed by atoms with Crippen LogP contribution in [0.2, 0.25) is 5.02 Å². The molecule has 4 aromatic rings. The van der Waals surface area contributed by atoms with Crippen molar-refractivity contribution < 1.29 is 12.8 Å². The van der Waals surface area contributed by atoms with Gasteiger partial charge in [-0.25, -0.2) is 8.42 Å². The molecule has 1 aliphatic carbocycles. The topological polar surface area (TPSA) is 76.3 Å². The summed E-state index contributed by atoms with van der Waals surface area (Å²) in [6.07, 6.45) is 3.67. The molecule has 0 amide bonds. The number of sulfonamides is 1. The summed E-state index contributed by atoms with van der Waals surface area (Å²) in [4.78, 5) is 0.278. The first-order chi connectivity index (χ1) is 15.5. The summed E-state index contributed by atoms with van der Waals surface area (Å²) in [5.41, 5.74) is 0.734. The highest BCUT2D eigenvalue weighted by molar-refractivity contribution is 7.89. The van der Waals surface area contributed by atoms with E-state index in [0.717, 1.165) is 42.0 Å². The first-order valence-electron chi connectivity index (χ1n) is 10.6. The molecule has 3 aromatic carbocycles. The number of aromatic nitrogens is 2. The zero-order valence-corrected chi connectivity index (χ0v) is 18.9. The van der Waals surface area contributed by atoms with Crippen LogP contribution in [0.15, 0.2) is 76.0 Å². The van der Waals surface area contributed by atoms with Gasteiger partial charge in [0.2, 0.25) is 21.8 Å². The molecular weight excluding hydrogens is 446 g/mol. The fraction of sp³-hybridized carbons (Fsp3) is 0.250. The minimum atomic E-state index is -3.75. The van der Waals surface area contributed by atoms with Gasteiger partial charge in [0.1, 0.15) is 0 Å². The van der Waals surface area contributed by atoms with Gasteiger partial charge in [-0.15, -0.1) is 10.2 Å². The van der Waals surface area contributed by atoms with Crippen LogP contribution in [0.25, 0.3) is 22.2 Å². The van der Waals surface area contributed by atoms with Crippen molar-refractivity contribution in [1.82, 2.24) is 14.5 Å². The van der Waals surface area contributed by atoms with Gasteiger partial charge in [-0.1, -0.05) is 54.8 Å². The molecule has 0 radical (unpaired) electrons. The molecule has 0 N–H and O–H groups in total. The molecule has 6 nitrogen and oxygen atoms in total. The van der Waals surface area contributed by atoms with Crippen molar-refractivity contribution in [2.75, 3.05) is 0 Å². The monoisotopic (exact) mass is 467 g/mol. The summed E-state index contributed by atoms with van der Waals surface area (Å²) < 4.78 is 34.8. The van der Waals surface area contributed by atoms with Crippen LogP contribution < -0.4 is 0 Å². The molecule has 1 fully saturated rings. The fourth-order valence-electron chi connectivity index (χ4n) is 4.23. The van der Waals surface area contributed by atoms with Crippen molar-refractivity contribution >= 4 is 32.4 Å². The second-order valence-electron chi connectivity index (χ2n) is 8.01. The van der Waals surface area contributed by atoms with Crippen LogP contribution in [0.5, 0.6) is 0 Å². The first kappa shape index (κ1) is 21.1. The van der Waals surface area contributed by atoms with E-state index < -0.39 is 10.0 Å². The Balaban J connectivity index is 1.48. The Bertz CT molecular complexity index is 1350.